The number of carboxylic acid groups (broad SMARTS) is 1. The number of thioether (sulfide) groups is 1. The van der Waals surface area contributed by atoms with Gasteiger partial charge >= 0.3 is 5.97 Å². The third-order valence-corrected chi connectivity index (χ3v) is 6.33. The zero-order valence-electron chi connectivity index (χ0n) is 19.0. The van der Waals surface area contributed by atoms with E-state index in [4.69, 9.17) is 37.8 Å². The van der Waals surface area contributed by atoms with Crippen LogP contribution in [0.5, 0.6) is 11.5 Å². The minimum Gasteiger partial charge on any atom is -0.490 e. The molecular weight excluding hydrogens is 523 g/mol. The number of carboxylic acids is 1. The Morgan fingerprint density at radius 1 is 1.00 bits per heavy atom. The SMILES string of the molecule is CCOc1cc(/C=C2\SC(=Nc3ccc(Cl)cc3)N(c3ccc(Cl)cc3)C2=O)ccc1OCC(=O)O. The molecule has 4 rings (SSSR count). The van der Waals surface area contributed by atoms with Crippen molar-refractivity contribution in [1.29, 1.82) is 0 Å². The zero-order chi connectivity index (χ0) is 25.7. The molecule has 0 atom stereocenters. The van der Waals surface area contributed by atoms with Gasteiger partial charge in [-0.05, 0) is 91.0 Å². The van der Waals surface area contributed by atoms with Gasteiger partial charge in [0, 0.05) is 10.0 Å². The second-order valence-electron chi connectivity index (χ2n) is 7.42. The van der Waals surface area contributed by atoms with Crippen LogP contribution in [0.4, 0.5) is 11.4 Å². The maximum Gasteiger partial charge on any atom is 0.341 e. The van der Waals surface area contributed by atoms with Crippen LogP contribution in [0.15, 0.2) is 76.6 Å². The van der Waals surface area contributed by atoms with Gasteiger partial charge in [-0.1, -0.05) is 29.3 Å². The van der Waals surface area contributed by atoms with Crippen LogP contribution in [0.25, 0.3) is 6.08 Å². The average molecular weight is 543 g/mol. The van der Waals surface area contributed by atoms with Crippen molar-refractivity contribution in [2.75, 3.05) is 18.1 Å². The van der Waals surface area contributed by atoms with E-state index in [0.29, 0.717) is 55.2 Å². The predicted octanol–water partition coefficient (Wildman–Crippen LogP) is 6.66. The number of aliphatic carboxylic acids is 1. The number of anilines is 1. The first-order valence-electron chi connectivity index (χ1n) is 10.8. The van der Waals surface area contributed by atoms with Crippen LogP contribution in [-0.2, 0) is 9.59 Å². The monoisotopic (exact) mass is 542 g/mol. The molecule has 0 saturated carbocycles. The Bertz CT molecular complexity index is 1340. The van der Waals surface area contributed by atoms with Gasteiger partial charge in [0.05, 0.1) is 22.9 Å². The molecule has 0 radical (unpaired) electrons. The van der Waals surface area contributed by atoms with E-state index in [9.17, 15) is 9.59 Å². The minimum atomic E-state index is -1.09. The Morgan fingerprint density at radius 2 is 1.67 bits per heavy atom. The maximum atomic E-state index is 13.5. The molecule has 1 fully saturated rings. The van der Waals surface area contributed by atoms with Crippen molar-refractivity contribution in [2.45, 2.75) is 6.92 Å². The number of carbonyl (C=O) groups excluding carboxylic acids is 1. The first-order valence-corrected chi connectivity index (χ1v) is 12.4. The number of benzene rings is 3. The van der Waals surface area contributed by atoms with E-state index >= 15 is 0 Å². The van der Waals surface area contributed by atoms with Crippen LogP contribution in [0.2, 0.25) is 10.0 Å². The Hall–Kier alpha value is -3.46. The van der Waals surface area contributed by atoms with Crippen molar-refractivity contribution in [3.63, 3.8) is 0 Å². The minimum absolute atomic E-state index is 0.251. The molecule has 10 heteroatoms. The van der Waals surface area contributed by atoms with E-state index in [2.05, 4.69) is 4.99 Å². The summed E-state index contributed by atoms with van der Waals surface area (Å²) in [6.45, 7) is 1.68. The van der Waals surface area contributed by atoms with Gasteiger partial charge in [-0.2, -0.15) is 0 Å². The molecule has 1 aliphatic rings. The molecular formula is C26H20Cl2N2O5S. The van der Waals surface area contributed by atoms with E-state index in [-0.39, 0.29) is 5.91 Å². The standard InChI is InChI=1S/C26H20Cl2N2O5S/c1-2-34-22-13-16(3-12-21(22)35-15-24(31)32)14-23-25(33)30(20-10-6-18(28)7-11-20)26(36-23)29-19-8-4-17(27)5-9-19/h3-14H,2,15H2,1H3,(H,31,32)/b23-14-,29-26?. The molecule has 1 amide bonds. The molecule has 0 aliphatic carbocycles. The summed E-state index contributed by atoms with van der Waals surface area (Å²) in [4.78, 5) is 31.0. The molecule has 1 N–H and O–H groups in total. The van der Waals surface area contributed by atoms with Gasteiger partial charge in [0.15, 0.2) is 23.3 Å². The summed E-state index contributed by atoms with van der Waals surface area (Å²) in [5.41, 5.74) is 1.95. The molecule has 3 aromatic carbocycles. The Kier molecular flexibility index (Phi) is 8.20. The summed E-state index contributed by atoms with van der Waals surface area (Å²) in [5.74, 6) is -0.654. The van der Waals surface area contributed by atoms with Crippen molar-refractivity contribution in [3.8, 4) is 11.5 Å². The summed E-state index contributed by atoms with van der Waals surface area (Å²) in [6, 6.07) is 19.0. The fourth-order valence-corrected chi connectivity index (χ4v) is 4.54. The maximum absolute atomic E-state index is 13.5. The van der Waals surface area contributed by atoms with Crippen molar-refractivity contribution in [1.82, 2.24) is 0 Å². The molecule has 1 saturated heterocycles. The lowest BCUT2D eigenvalue weighted by atomic mass is 10.1. The number of hydrogen-bond donors (Lipinski definition) is 1. The van der Waals surface area contributed by atoms with E-state index in [1.54, 1.807) is 72.8 Å². The summed E-state index contributed by atoms with van der Waals surface area (Å²) in [7, 11) is 0. The van der Waals surface area contributed by atoms with Crippen LogP contribution < -0.4 is 14.4 Å². The number of ether oxygens (including phenoxy) is 2. The van der Waals surface area contributed by atoms with Crippen molar-refractivity contribution in [3.05, 3.63) is 87.2 Å². The summed E-state index contributed by atoms with van der Waals surface area (Å²) < 4.78 is 10.9. The third kappa shape index (κ3) is 6.20. The summed E-state index contributed by atoms with van der Waals surface area (Å²) in [6.07, 6.45) is 1.73. The zero-order valence-corrected chi connectivity index (χ0v) is 21.3. The van der Waals surface area contributed by atoms with Gasteiger partial charge in [0.2, 0.25) is 0 Å². The van der Waals surface area contributed by atoms with Gasteiger partial charge in [-0.15, -0.1) is 0 Å². The molecule has 1 aliphatic heterocycles. The number of carbonyl (C=O) groups is 2. The third-order valence-electron chi connectivity index (χ3n) is 4.86. The highest BCUT2D eigenvalue weighted by Crippen LogP contribution is 2.38. The van der Waals surface area contributed by atoms with Crippen LogP contribution in [-0.4, -0.2) is 35.4 Å². The lowest BCUT2D eigenvalue weighted by molar-refractivity contribution is -0.139. The van der Waals surface area contributed by atoms with E-state index in [1.807, 2.05) is 6.92 Å². The average Bonchev–Trinajstić information content (AvgIpc) is 3.15. The molecule has 0 spiro atoms. The second kappa shape index (κ2) is 11.5. The number of nitrogens with zero attached hydrogens (tertiary/aromatic N) is 2. The summed E-state index contributed by atoms with van der Waals surface area (Å²) in [5, 5.41) is 10.5. The highest BCUT2D eigenvalue weighted by Gasteiger charge is 2.34. The van der Waals surface area contributed by atoms with Gasteiger partial charge in [0.1, 0.15) is 0 Å². The lowest BCUT2D eigenvalue weighted by Gasteiger charge is -2.15. The second-order valence-corrected chi connectivity index (χ2v) is 9.30. The predicted molar refractivity (Wildman–Crippen MR) is 144 cm³/mol. The number of amides is 1. The highest BCUT2D eigenvalue weighted by molar-refractivity contribution is 8.19. The molecule has 3 aromatic rings. The number of rotatable bonds is 8. The number of amidine groups is 1. The molecule has 36 heavy (non-hydrogen) atoms. The largest absolute Gasteiger partial charge is 0.490 e. The van der Waals surface area contributed by atoms with Crippen molar-refractivity contribution >= 4 is 69.5 Å². The Morgan fingerprint density at radius 3 is 2.31 bits per heavy atom. The van der Waals surface area contributed by atoms with Gasteiger partial charge < -0.3 is 14.6 Å². The van der Waals surface area contributed by atoms with Crippen LogP contribution in [0.3, 0.4) is 0 Å². The van der Waals surface area contributed by atoms with E-state index in [1.165, 1.54) is 16.7 Å². The fraction of sp³-hybridized carbons (Fsp3) is 0.115. The smallest absolute Gasteiger partial charge is 0.341 e. The van der Waals surface area contributed by atoms with Crippen molar-refractivity contribution in [2.24, 2.45) is 4.99 Å². The van der Waals surface area contributed by atoms with Crippen LogP contribution in [0.1, 0.15) is 12.5 Å². The number of halogens is 2. The van der Waals surface area contributed by atoms with Gasteiger partial charge in [-0.3, -0.25) is 9.69 Å². The Balaban J connectivity index is 1.71. The highest BCUT2D eigenvalue weighted by atomic mass is 35.5. The van der Waals surface area contributed by atoms with E-state index < -0.39 is 12.6 Å². The number of aliphatic imine (C=N–C) groups is 1. The summed E-state index contributed by atoms with van der Waals surface area (Å²) >= 11 is 13.3. The molecule has 0 aromatic heterocycles. The molecule has 0 unspecified atom stereocenters. The van der Waals surface area contributed by atoms with E-state index in [0.717, 1.165) is 0 Å². The molecule has 184 valence electrons. The molecule has 0 bridgehead atoms. The van der Waals surface area contributed by atoms with Crippen molar-refractivity contribution < 1.29 is 24.2 Å². The first kappa shape index (κ1) is 25.6. The van der Waals surface area contributed by atoms with Crippen LogP contribution in [0, 0.1) is 0 Å². The van der Waals surface area contributed by atoms with Crippen LogP contribution >= 0.6 is 35.0 Å². The lowest BCUT2D eigenvalue weighted by Crippen LogP contribution is -2.28. The normalized spacial score (nSPS) is 15.5. The quantitative estimate of drug-likeness (QED) is 0.320. The van der Waals surface area contributed by atoms with Gasteiger partial charge in [-0.25, -0.2) is 9.79 Å². The number of hydrogen-bond acceptors (Lipinski definition) is 6. The topological polar surface area (TPSA) is 88.4 Å². The fourth-order valence-electron chi connectivity index (χ4n) is 3.29. The Labute approximate surface area is 221 Å². The van der Waals surface area contributed by atoms with Gasteiger partial charge in [0.25, 0.3) is 5.91 Å². The molecule has 7 nitrogen and oxygen atoms in total. The first-order chi connectivity index (χ1) is 17.3. The molecule has 1 heterocycles.